The molecule has 2 rings (SSSR count). The van der Waals surface area contributed by atoms with Gasteiger partial charge in [0.25, 0.3) is 5.91 Å². The number of benzene rings is 2. The van der Waals surface area contributed by atoms with Crippen LogP contribution in [0.2, 0.25) is 0 Å². The van der Waals surface area contributed by atoms with Crippen LogP contribution >= 0.6 is 0 Å². The first-order chi connectivity index (χ1) is 9.88. The van der Waals surface area contributed by atoms with Crippen molar-refractivity contribution in [2.75, 3.05) is 11.1 Å². The van der Waals surface area contributed by atoms with E-state index in [1.807, 2.05) is 0 Å². The predicted octanol–water partition coefficient (Wildman–Crippen LogP) is 2.67. The monoisotopic (exact) mass is 288 g/mol. The van der Waals surface area contributed by atoms with Crippen LogP contribution in [0.15, 0.2) is 36.4 Å². The van der Waals surface area contributed by atoms with Crippen molar-refractivity contribution in [3.8, 4) is 0 Å². The van der Waals surface area contributed by atoms with Crippen molar-refractivity contribution in [1.82, 2.24) is 0 Å². The van der Waals surface area contributed by atoms with Crippen molar-refractivity contribution in [1.29, 1.82) is 0 Å². The second-order valence-electron chi connectivity index (χ2n) is 4.52. The maximum Gasteiger partial charge on any atom is 0.335 e. The summed E-state index contributed by atoms with van der Waals surface area (Å²) in [6, 6.07) is 7.84. The van der Waals surface area contributed by atoms with Crippen molar-refractivity contribution in [3.05, 3.63) is 58.9 Å². The van der Waals surface area contributed by atoms with Gasteiger partial charge in [0.05, 0.1) is 16.9 Å². The average Bonchev–Trinajstić information content (AvgIpc) is 2.40. The Kier molecular flexibility index (Phi) is 3.89. The van der Waals surface area contributed by atoms with Crippen LogP contribution in [0.25, 0.3) is 0 Å². The van der Waals surface area contributed by atoms with Crippen molar-refractivity contribution in [2.24, 2.45) is 0 Å². The zero-order valence-electron chi connectivity index (χ0n) is 11.2. The highest BCUT2D eigenvalue weighted by Gasteiger charge is 2.12. The molecule has 1 amide bonds. The smallest absolute Gasteiger partial charge is 0.335 e. The van der Waals surface area contributed by atoms with Crippen LogP contribution in [0.3, 0.4) is 0 Å². The molecule has 0 unspecified atom stereocenters. The molecule has 0 heterocycles. The maximum atomic E-state index is 13.0. The SMILES string of the molecule is Cc1cc(F)ccc1C(=O)Nc1ccc(C(=O)O)cc1N. The minimum atomic E-state index is -1.10. The van der Waals surface area contributed by atoms with Gasteiger partial charge in [-0.2, -0.15) is 0 Å². The summed E-state index contributed by atoms with van der Waals surface area (Å²) < 4.78 is 13.0. The molecule has 0 spiro atoms. The fraction of sp³-hybridized carbons (Fsp3) is 0.0667. The van der Waals surface area contributed by atoms with Gasteiger partial charge in [0, 0.05) is 5.56 Å². The summed E-state index contributed by atoms with van der Waals surface area (Å²) in [5.41, 5.74) is 6.99. The first-order valence-electron chi connectivity index (χ1n) is 6.09. The molecular formula is C15H13FN2O3. The summed E-state index contributed by atoms with van der Waals surface area (Å²) in [4.78, 5) is 22.9. The van der Waals surface area contributed by atoms with Gasteiger partial charge < -0.3 is 16.2 Å². The molecule has 4 N–H and O–H groups in total. The van der Waals surface area contributed by atoms with Crippen LogP contribution < -0.4 is 11.1 Å². The Bertz CT molecular complexity index is 729. The summed E-state index contributed by atoms with van der Waals surface area (Å²) in [6.07, 6.45) is 0. The largest absolute Gasteiger partial charge is 0.478 e. The number of rotatable bonds is 3. The maximum absolute atomic E-state index is 13.0. The lowest BCUT2D eigenvalue weighted by Crippen LogP contribution is -2.15. The van der Waals surface area contributed by atoms with E-state index < -0.39 is 17.7 Å². The summed E-state index contributed by atoms with van der Waals surface area (Å²) in [6.45, 7) is 1.62. The van der Waals surface area contributed by atoms with Crippen LogP contribution in [0.5, 0.6) is 0 Å². The van der Waals surface area contributed by atoms with E-state index in [1.165, 1.54) is 36.4 Å². The highest BCUT2D eigenvalue weighted by atomic mass is 19.1. The number of carbonyl (C=O) groups is 2. The number of nitrogens with one attached hydrogen (secondary N) is 1. The van der Waals surface area contributed by atoms with Gasteiger partial charge in [-0.1, -0.05) is 0 Å². The molecule has 6 heteroatoms. The molecule has 2 aromatic carbocycles. The third kappa shape index (κ3) is 3.17. The topological polar surface area (TPSA) is 92.4 Å². The van der Waals surface area contributed by atoms with Crippen molar-refractivity contribution >= 4 is 23.3 Å². The summed E-state index contributed by atoms with van der Waals surface area (Å²) >= 11 is 0. The van der Waals surface area contributed by atoms with Crippen LogP contribution in [0.1, 0.15) is 26.3 Å². The highest BCUT2D eigenvalue weighted by molar-refractivity contribution is 6.07. The third-order valence-corrected chi connectivity index (χ3v) is 2.98. The Morgan fingerprint density at radius 1 is 1.19 bits per heavy atom. The van der Waals surface area contributed by atoms with Gasteiger partial charge in [-0.25, -0.2) is 9.18 Å². The highest BCUT2D eigenvalue weighted by Crippen LogP contribution is 2.21. The number of aromatic carboxylic acids is 1. The number of hydrogen-bond acceptors (Lipinski definition) is 3. The normalized spacial score (nSPS) is 10.2. The molecule has 108 valence electrons. The van der Waals surface area contributed by atoms with Crippen LogP contribution in [-0.2, 0) is 0 Å². The fourth-order valence-electron chi connectivity index (χ4n) is 1.88. The number of nitrogen functional groups attached to an aromatic ring is 1. The molecule has 0 atom stereocenters. The number of amides is 1. The van der Waals surface area contributed by atoms with Crippen molar-refractivity contribution < 1.29 is 19.1 Å². The third-order valence-electron chi connectivity index (χ3n) is 2.98. The number of carbonyl (C=O) groups excluding carboxylic acids is 1. The number of nitrogens with two attached hydrogens (primary N) is 1. The van der Waals surface area contributed by atoms with E-state index in [0.29, 0.717) is 16.8 Å². The Labute approximate surface area is 120 Å². The van der Waals surface area contributed by atoms with Crippen molar-refractivity contribution in [2.45, 2.75) is 6.92 Å². The Hall–Kier alpha value is -2.89. The van der Waals surface area contributed by atoms with E-state index >= 15 is 0 Å². The fourth-order valence-corrected chi connectivity index (χ4v) is 1.88. The summed E-state index contributed by atoms with van der Waals surface area (Å²) in [7, 11) is 0. The molecule has 0 saturated heterocycles. The number of carboxylic acids is 1. The predicted molar refractivity (Wildman–Crippen MR) is 76.9 cm³/mol. The lowest BCUT2D eigenvalue weighted by atomic mass is 10.1. The van der Waals surface area contributed by atoms with Gasteiger partial charge in [-0.05, 0) is 48.9 Å². The van der Waals surface area contributed by atoms with Gasteiger partial charge in [-0.15, -0.1) is 0 Å². The zero-order chi connectivity index (χ0) is 15.6. The molecule has 0 fully saturated rings. The molecule has 2 aromatic rings. The van der Waals surface area contributed by atoms with Gasteiger partial charge >= 0.3 is 5.97 Å². The molecule has 5 nitrogen and oxygen atoms in total. The first kappa shape index (κ1) is 14.5. The van der Waals surface area contributed by atoms with Crippen molar-refractivity contribution in [3.63, 3.8) is 0 Å². The van der Waals surface area contributed by atoms with E-state index in [1.54, 1.807) is 6.92 Å². The van der Waals surface area contributed by atoms with E-state index in [-0.39, 0.29) is 11.3 Å². The molecular weight excluding hydrogens is 275 g/mol. The molecule has 0 bridgehead atoms. The zero-order valence-corrected chi connectivity index (χ0v) is 11.2. The first-order valence-corrected chi connectivity index (χ1v) is 6.09. The number of anilines is 2. The minimum absolute atomic E-state index is 0.0310. The molecule has 0 aliphatic carbocycles. The van der Waals surface area contributed by atoms with Gasteiger partial charge in [-0.3, -0.25) is 4.79 Å². The van der Waals surface area contributed by atoms with Crippen LogP contribution in [0.4, 0.5) is 15.8 Å². The number of carboxylic acid groups (broad SMARTS) is 1. The van der Waals surface area contributed by atoms with Gasteiger partial charge in [0.2, 0.25) is 0 Å². The summed E-state index contributed by atoms with van der Waals surface area (Å²) in [5.74, 6) is -1.97. The minimum Gasteiger partial charge on any atom is -0.478 e. The molecule has 21 heavy (non-hydrogen) atoms. The number of hydrogen-bond donors (Lipinski definition) is 3. The van der Waals surface area contributed by atoms with E-state index in [4.69, 9.17) is 10.8 Å². The molecule has 0 saturated carbocycles. The molecule has 0 aromatic heterocycles. The average molecular weight is 288 g/mol. The Morgan fingerprint density at radius 2 is 1.90 bits per heavy atom. The van der Waals surface area contributed by atoms with E-state index in [0.717, 1.165) is 0 Å². The molecule has 0 aliphatic heterocycles. The Morgan fingerprint density at radius 3 is 2.48 bits per heavy atom. The van der Waals surface area contributed by atoms with E-state index in [9.17, 15) is 14.0 Å². The number of aryl methyl sites for hydroxylation is 1. The summed E-state index contributed by atoms with van der Waals surface area (Å²) in [5, 5.41) is 11.4. The lowest BCUT2D eigenvalue weighted by Gasteiger charge is -2.10. The molecule has 0 aliphatic rings. The van der Waals surface area contributed by atoms with Crippen LogP contribution in [0, 0.1) is 12.7 Å². The quantitative estimate of drug-likeness (QED) is 0.757. The molecule has 0 radical (unpaired) electrons. The van der Waals surface area contributed by atoms with Crippen LogP contribution in [-0.4, -0.2) is 17.0 Å². The standard InChI is InChI=1S/C15H13FN2O3/c1-8-6-10(16)3-4-11(8)14(19)18-13-5-2-9(15(20)21)7-12(13)17/h2-7H,17H2,1H3,(H,18,19)(H,20,21). The lowest BCUT2D eigenvalue weighted by molar-refractivity contribution is 0.0697. The van der Waals surface area contributed by atoms with Gasteiger partial charge in [0.15, 0.2) is 0 Å². The second-order valence-corrected chi connectivity index (χ2v) is 4.52. The number of halogens is 1. The van der Waals surface area contributed by atoms with Gasteiger partial charge in [0.1, 0.15) is 5.82 Å². The Balaban J connectivity index is 2.25. The second kappa shape index (κ2) is 5.62. The van der Waals surface area contributed by atoms with E-state index in [2.05, 4.69) is 5.32 Å².